The van der Waals surface area contributed by atoms with E-state index < -0.39 is 4.92 Å². The topological polar surface area (TPSA) is 93.9 Å². The number of hydrogen-bond acceptors (Lipinski definition) is 5. The van der Waals surface area contributed by atoms with E-state index in [1.165, 1.54) is 12.1 Å². The van der Waals surface area contributed by atoms with Gasteiger partial charge in [0.15, 0.2) is 6.29 Å². The number of hydrogen-bond donors (Lipinski definition) is 1. The van der Waals surface area contributed by atoms with Crippen molar-refractivity contribution in [3.63, 3.8) is 0 Å². The number of likely N-dealkylation sites (tertiary alicyclic amines) is 1. The Balaban J connectivity index is 1.52. The summed E-state index contributed by atoms with van der Waals surface area (Å²) >= 11 is 0. The Morgan fingerprint density at radius 2 is 2.17 bits per heavy atom. The Hall–Kier alpha value is -2.19. The van der Waals surface area contributed by atoms with Gasteiger partial charge in [-0.05, 0) is 18.4 Å². The molecule has 1 aromatic carbocycles. The summed E-state index contributed by atoms with van der Waals surface area (Å²) in [6, 6.07) is 6.11. The second kappa shape index (κ2) is 7.59. The number of amides is 2. The van der Waals surface area contributed by atoms with Crippen LogP contribution in [0.25, 0.3) is 0 Å². The molecule has 1 N–H and O–H groups in total. The third-order valence-electron chi connectivity index (χ3n) is 4.34. The highest BCUT2D eigenvalue weighted by Gasteiger charge is 2.32. The molecule has 0 saturated carbocycles. The Morgan fingerprint density at radius 3 is 2.92 bits per heavy atom. The molecule has 2 aliphatic heterocycles. The minimum Gasteiger partial charge on any atom is -0.350 e. The summed E-state index contributed by atoms with van der Waals surface area (Å²) in [6.07, 6.45) is 1.69. The van der Waals surface area contributed by atoms with Crippen LogP contribution in [0.1, 0.15) is 18.4 Å². The molecule has 0 aromatic heterocycles. The van der Waals surface area contributed by atoms with Crippen molar-refractivity contribution in [1.29, 1.82) is 0 Å². The number of nitrogens with zero attached hydrogens (tertiary/aromatic N) is 2. The summed E-state index contributed by atoms with van der Waals surface area (Å²) in [4.78, 5) is 24.5. The molecule has 0 aliphatic carbocycles. The summed E-state index contributed by atoms with van der Waals surface area (Å²) in [5, 5.41) is 13.6. The lowest BCUT2D eigenvalue weighted by Gasteiger charge is -2.34. The molecular formula is C16H21N3O5. The van der Waals surface area contributed by atoms with Gasteiger partial charge >= 0.3 is 6.03 Å². The van der Waals surface area contributed by atoms with Crippen LogP contribution in [0.2, 0.25) is 0 Å². The molecule has 130 valence electrons. The third kappa shape index (κ3) is 4.01. The summed E-state index contributed by atoms with van der Waals surface area (Å²) in [5.41, 5.74) is 0.726. The quantitative estimate of drug-likeness (QED) is 0.670. The zero-order chi connectivity index (χ0) is 16.9. The SMILES string of the molecule is O=C(NCc1cccc([N+](=O)[O-])c1)N1CCC[C@@H](C2OCCO2)C1. The first kappa shape index (κ1) is 16.7. The van der Waals surface area contributed by atoms with E-state index in [1.54, 1.807) is 17.0 Å². The van der Waals surface area contributed by atoms with E-state index in [9.17, 15) is 14.9 Å². The average Bonchev–Trinajstić information content (AvgIpc) is 3.15. The molecule has 0 unspecified atom stereocenters. The van der Waals surface area contributed by atoms with Crippen LogP contribution in [0.3, 0.4) is 0 Å². The standard InChI is InChI=1S/C16H21N3O5/c20-16(17-10-12-3-1-5-14(9-12)19(21)22)18-6-2-4-13(11-18)15-23-7-8-24-15/h1,3,5,9,13,15H,2,4,6-8,10-11H2,(H,17,20)/t13-/m1/s1. The predicted octanol–water partition coefficient (Wildman–Crippen LogP) is 1.89. The second-order valence-electron chi connectivity index (χ2n) is 6.04. The predicted molar refractivity (Wildman–Crippen MR) is 85.3 cm³/mol. The number of rotatable bonds is 4. The number of ether oxygens (including phenoxy) is 2. The lowest BCUT2D eigenvalue weighted by Crippen LogP contribution is -2.47. The maximum absolute atomic E-state index is 12.3. The highest BCUT2D eigenvalue weighted by molar-refractivity contribution is 5.74. The summed E-state index contributed by atoms with van der Waals surface area (Å²) < 4.78 is 11.1. The van der Waals surface area contributed by atoms with Crippen molar-refractivity contribution in [2.24, 2.45) is 5.92 Å². The van der Waals surface area contributed by atoms with Gasteiger partial charge in [-0.1, -0.05) is 12.1 Å². The molecule has 0 spiro atoms. The van der Waals surface area contributed by atoms with Gasteiger partial charge in [0.2, 0.25) is 0 Å². The van der Waals surface area contributed by atoms with Gasteiger partial charge in [-0.25, -0.2) is 4.79 Å². The van der Waals surface area contributed by atoms with Gasteiger partial charge in [-0.15, -0.1) is 0 Å². The molecule has 0 radical (unpaired) electrons. The maximum Gasteiger partial charge on any atom is 0.317 e. The Labute approximate surface area is 139 Å². The first-order valence-electron chi connectivity index (χ1n) is 8.13. The fraction of sp³-hybridized carbons (Fsp3) is 0.562. The van der Waals surface area contributed by atoms with E-state index >= 15 is 0 Å². The fourth-order valence-electron chi connectivity index (χ4n) is 3.13. The highest BCUT2D eigenvalue weighted by atomic mass is 16.7. The third-order valence-corrected chi connectivity index (χ3v) is 4.34. The summed E-state index contributed by atoms with van der Waals surface area (Å²) in [7, 11) is 0. The van der Waals surface area contributed by atoms with E-state index in [2.05, 4.69) is 5.32 Å². The van der Waals surface area contributed by atoms with Gasteiger partial charge in [0, 0.05) is 37.7 Å². The number of urea groups is 1. The molecule has 8 heteroatoms. The Kier molecular flexibility index (Phi) is 5.27. The van der Waals surface area contributed by atoms with Crippen molar-refractivity contribution in [1.82, 2.24) is 10.2 Å². The van der Waals surface area contributed by atoms with Crippen molar-refractivity contribution in [2.45, 2.75) is 25.7 Å². The largest absolute Gasteiger partial charge is 0.350 e. The molecule has 2 heterocycles. The number of nitro groups is 1. The van der Waals surface area contributed by atoms with Crippen molar-refractivity contribution in [3.8, 4) is 0 Å². The van der Waals surface area contributed by atoms with Crippen molar-refractivity contribution in [2.75, 3.05) is 26.3 Å². The van der Waals surface area contributed by atoms with E-state index in [0.29, 0.717) is 31.9 Å². The second-order valence-corrected chi connectivity index (χ2v) is 6.04. The molecule has 3 rings (SSSR count). The van der Waals surface area contributed by atoms with Gasteiger partial charge in [0.25, 0.3) is 5.69 Å². The van der Waals surface area contributed by atoms with Crippen LogP contribution in [0.5, 0.6) is 0 Å². The molecule has 0 bridgehead atoms. The molecule has 8 nitrogen and oxygen atoms in total. The number of non-ortho nitro benzene ring substituents is 1. The number of benzene rings is 1. The number of nitro benzene ring substituents is 1. The van der Waals surface area contributed by atoms with Crippen LogP contribution < -0.4 is 5.32 Å². The molecular weight excluding hydrogens is 314 g/mol. The normalized spacial score (nSPS) is 21.7. The molecule has 2 amide bonds. The van der Waals surface area contributed by atoms with Crippen LogP contribution in [0.15, 0.2) is 24.3 Å². The van der Waals surface area contributed by atoms with Crippen LogP contribution in [-0.4, -0.2) is 48.4 Å². The number of carbonyl (C=O) groups is 1. The van der Waals surface area contributed by atoms with E-state index in [-0.39, 0.29) is 30.5 Å². The lowest BCUT2D eigenvalue weighted by atomic mass is 9.98. The average molecular weight is 335 g/mol. The number of carbonyl (C=O) groups excluding carboxylic acids is 1. The minimum absolute atomic E-state index is 0.0234. The minimum atomic E-state index is -0.442. The first-order chi connectivity index (χ1) is 11.6. The zero-order valence-corrected chi connectivity index (χ0v) is 13.3. The van der Waals surface area contributed by atoms with Crippen molar-refractivity contribution >= 4 is 11.7 Å². The van der Waals surface area contributed by atoms with Crippen LogP contribution in [-0.2, 0) is 16.0 Å². The van der Waals surface area contributed by atoms with Crippen LogP contribution >= 0.6 is 0 Å². The Bertz CT molecular complexity index is 603. The van der Waals surface area contributed by atoms with Crippen LogP contribution in [0, 0.1) is 16.0 Å². The smallest absolute Gasteiger partial charge is 0.317 e. The molecule has 1 atom stereocenters. The first-order valence-corrected chi connectivity index (χ1v) is 8.13. The highest BCUT2D eigenvalue weighted by Crippen LogP contribution is 2.25. The Morgan fingerprint density at radius 1 is 1.38 bits per heavy atom. The molecule has 2 saturated heterocycles. The van der Waals surface area contributed by atoms with Crippen molar-refractivity contribution in [3.05, 3.63) is 39.9 Å². The molecule has 2 fully saturated rings. The van der Waals surface area contributed by atoms with Gasteiger partial charge in [-0.2, -0.15) is 0 Å². The zero-order valence-electron chi connectivity index (χ0n) is 13.3. The maximum atomic E-state index is 12.3. The van der Waals surface area contributed by atoms with E-state index in [4.69, 9.17) is 9.47 Å². The molecule has 24 heavy (non-hydrogen) atoms. The van der Waals surface area contributed by atoms with Crippen molar-refractivity contribution < 1.29 is 19.2 Å². The van der Waals surface area contributed by atoms with E-state index in [1.807, 2.05) is 0 Å². The summed E-state index contributed by atoms with van der Waals surface area (Å²) in [5.74, 6) is 0.199. The number of nitrogens with one attached hydrogen (secondary N) is 1. The monoisotopic (exact) mass is 335 g/mol. The van der Waals surface area contributed by atoms with Gasteiger partial charge in [-0.3, -0.25) is 10.1 Å². The molecule has 2 aliphatic rings. The lowest BCUT2D eigenvalue weighted by molar-refractivity contribution is -0.384. The number of piperidine rings is 1. The van der Waals surface area contributed by atoms with Crippen LogP contribution in [0.4, 0.5) is 10.5 Å². The fourth-order valence-corrected chi connectivity index (χ4v) is 3.13. The van der Waals surface area contributed by atoms with E-state index in [0.717, 1.165) is 12.8 Å². The van der Waals surface area contributed by atoms with Gasteiger partial charge in [0.05, 0.1) is 18.1 Å². The van der Waals surface area contributed by atoms with Gasteiger partial charge < -0.3 is 19.7 Å². The molecule has 1 aromatic rings. The summed E-state index contributed by atoms with van der Waals surface area (Å²) in [6.45, 7) is 2.79. The van der Waals surface area contributed by atoms with Gasteiger partial charge in [0.1, 0.15) is 0 Å².